The zero-order chi connectivity index (χ0) is 15.3. The van der Waals surface area contributed by atoms with Crippen molar-refractivity contribution in [1.82, 2.24) is 5.32 Å². The summed E-state index contributed by atoms with van der Waals surface area (Å²) in [5, 5.41) is 2.76. The van der Waals surface area contributed by atoms with E-state index >= 15 is 0 Å². The first kappa shape index (κ1) is 15.2. The number of rotatable bonds is 4. The Labute approximate surface area is 125 Å². The molecule has 0 aliphatic carbocycles. The molecule has 0 spiro atoms. The highest BCUT2D eigenvalue weighted by Gasteiger charge is 2.15. The lowest BCUT2D eigenvalue weighted by Crippen LogP contribution is -2.33. The van der Waals surface area contributed by atoms with Gasteiger partial charge in [0, 0.05) is 12.1 Å². The van der Waals surface area contributed by atoms with Crippen LogP contribution in [0.5, 0.6) is 0 Å². The average molecular weight is 287 g/mol. The van der Waals surface area contributed by atoms with Crippen LogP contribution in [0.2, 0.25) is 0 Å². The van der Waals surface area contributed by atoms with Gasteiger partial charge in [0.15, 0.2) is 0 Å². The number of furan rings is 1. The zero-order valence-electron chi connectivity index (χ0n) is 12.7. The van der Waals surface area contributed by atoms with E-state index in [-0.39, 0.29) is 6.09 Å². The number of alkyl carbamates (subject to hydrolysis) is 1. The molecule has 0 saturated carbocycles. The van der Waals surface area contributed by atoms with Crippen LogP contribution in [0.4, 0.5) is 4.79 Å². The Morgan fingerprint density at radius 2 is 2.05 bits per heavy atom. The van der Waals surface area contributed by atoms with Gasteiger partial charge in [0.2, 0.25) is 0 Å². The Hall–Kier alpha value is -2.23. The van der Waals surface area contributed by atoms with Gasteiger partial charge < -0.3 is 14.5 Å². The van der Waals surface area contributed by atoms with Crippen molar-refractivity contribution < 1.29 is 13.9 Å². The number of ether oxygens (including phenoxy) is 1. The number of carbonyl (C=O) groups is 1. The largest absolute Gasteiger partial charge is 0.472 e. The molecule has 1 aromatic heterocycles. The maximum Gasteiger partial charge on any atom is 0.407 e. The quantitative estimate of drug-likeness (QED) is 0.924. The molecule has 21 heavy (non-hydrogen) atoms. The summed E-state index contributed by atoms with van der Waals surface area (Å²) < 4.78 is 10.3. The molecule has 2 rings (SSSR count). The lowest BCUT2D eigenvalue weighted by molar-refractivity contribution is 0.0528. The molecular formula is C17H21NO3. The number of amides is 1. The van der Waals surface area contributed by atoms with Crippen LogP contribution in [0.15, 0.2) is 47.3 Å². The highest BCUT2D eigenvalue weighted by molar-refractivity contribution is 5.67. The van der Waals surface area contributed by atoms with Gasteiger partial charge in [-0.25, -0.2) is 4.79 Å². The van der Waals surface area contributed by atoms with Crippen LogP contribution in [0.25, 0.3) is 11.1 Å². The molecule has 1 N–H and O–H groups in total. The van der Waals surface area contributed by atoms with E-state index in [2.05, 4.69) is 11.4 Å². The topological polar surface area (TPSA) is 51.5 Å². The number of carbonyl (C=O) groups excluding carboxylic acids is 1. The van der Waals surface area contributed by atoms with Crippen LogP contribution in [0.1, 0.15) is 26.3 Å². The molecule has 0 saturated heterocycles. The van der Waals surface area contributed by atoms with Crippen molar-refractivity contribution in [3.63, 3.8) is 0 Å². The van der Waals surface area contributed by atoms with Crippen molar-refractivity contribution in [3.05, 3.63) is 48.4 Å². The third-order valence-corrected chi connectivity index (χ3v) is 2.86. The molecule has 0 bridgehead atoms. The van der Waals surface area contributed by atoms with E-state index in [4.69, 9.17) is 9.15 Å². The summed E-state index contributed by atoms with van der Waals surface area (Å²) in [6.07, 6.45) is 3.75. The van der Waals surface area contributed by atoms with Gasteiger partial charge in [-0.15, -0.1) is 0 Å². The highest BCUT2D eigenvalue weighted by atomic mass is 16.6. The van der Waals surface area contributed by atoms with E-state index in [1.54, 1.807) is 12.5 Å². The molecule has 1 aromatic carbocycles. The third kappa shape index (κ3) is 4.99. The first-order valence-corrected chi connectivity index (χ1v) is 7.02. The maximum absolute atomic E-state index is 11.6. The minimum Gasteiger partial charge on any atom is -0.472 e. The molecular weight excluding hydrogens is 266 g/mol. The fraction of sp³-hybridized carbons (Fsp3) is 0.353. The van der Waals surface area contributed by atoms with Crippen molar-refractivity contribution in [2.24, 2.45) is 0 Å². The molecule has 1 heterocycles. The van der Waals surface area contributed by atoms with Crippen molar-refractivity contribution in [3.8, 4) is 11.1 Å². The van der Waals surface area contributed by atoms with Gasteiger partial charge in [0.25, 0.3) is 0 Å². The average Bonchev–Trinajstić information content (AvgIpc) is 2.90. The summed E-state index contributed by atoms with van der Waals surface area (Å²) in [6.45, 7) is 6.09. The molecule has 1 amide bonds. The summed E-state index contributed by atoms with van der Waals surface area (Å²) in [6, 6.07) is 10.1. The van der Waals surface area contributed by atoms with Gasteiger partial charge in [-0.1, -0.05) is 24.3 Å². The van der Waals surface area contributed by atoms with Crippen LogP contribution in [-0.2, 0) is 11.2 Å². The molecule has 0 aliphatic rings. The smallest absolute Gasteiger partial charge is 0.407 e. The summed E-state index contributed by atoms with van der Waals surface area (Å²) in [4.78, 5) is 11.6. The number of benzene rings is 1. The predicted molar refractivity (Wildman–Crippen MR) is 82.1 cm³/mol. The number of hydrogen-bond acceptors (Lipinski definition) is 3. The van der Waals surface area contributed by atoms with Crippen LogP contribution in [0.3, 0.4) is 0 Å². The van der Waals surface area contributed by atoms with Crippen molar-refractivity contribution in [2.75, 3.05) is 6.54 Å². The van der Waals surface area contributed by atoms with E-state index in [1.807, 2.05) is 45.0 Å². The van der Waals surface area contributed by atoms with Gasteiger partial charge >= 0.3 is 6.09 Å². The minimum absolute atomic E-state index is 0.381. The summed E-state index contributed by atoms with van der Waals surface area (Å²) in [5.41, 5.74) is 2.85. The van der Waals surface area contributed by atoms with E-state index in [0.717, 1.165) is 23.1 Å². The van der Waals surface area contributed by atoms with Gasteiger partial charge in [-0.05, 0) is 44.4 Å². The second-order valence-electron chi connectivity index (χ2n) is 5.89. The molecule has 0 atom stereocenters. The van der Waals surface area contributed by atoms with E-state index in [0.29, 0.717) is 6.54 Å². The third-order valence-electron chi connectivity index (χ3n) is 2.86. The standard InChI is InChI=1S/C17H21NO3/c1-17(2,3)21-16(19)18-9-7-13-5-4-6-14(11-13)15-8-10-20-12-15/h4-6,8,10-12H,7,9H2,1-3H3,(H,18,19). The summed E-state index contributed by atoms with van der Waals surface area (Å²) in [5.74, 6) is 0. The molecule has 0 aliphatic heterocycles. The van der Waals surface area contributed by atoms with Crippen LogP contribution in [-0.4, -0.2) is 18.2 Å². The van der Waals surface area contributed by atoms with E-state index in [9.17, 15) is 4.79 Å². The molecule has 4 nitrogen and oxygen atoms in total. The molecule has 0 unspecified atom stereocenters. The second-order valence-corrected chi connectivity index (χ2v) is 5.89. The Morgan fingerprint density at radius 1 is 1.24 bits per heavy atom. The van der Waals surface area contributed by atoms with Crippen LogP contribution in [0, 0.1) is 0 Å². The van der Waals surface area contributed by atoms with Crippen LogP contribution < -0.4 is 5.32 Å². The summed E-state index contributed by atoms with van der Waals surface area (Å²) in [7, 11) is 0. The highest BCUT2D eigenvalue weighted by Crippen LogP contribution is 2.20. The molecule has 0 radical (unpaired) electrons. The lowest BCUT2D eigenvalue weighted by atomic mass is 10.0. The predicted octanol–water partition coefficient (Wildman–Crippen LogP) is 4.01. The molecule has 2 aromatic rings. The Kier molecular flexibility index (Phi) is 4.68. The normalized spacial score (nSPS) is 11.2. The van der Waals surface area contributed by atoms with Crippen LogP contribution >= 0.6 is 0 Å². The Bertz CT molecular complexity index is 582. The first-order valence-electron chi connectivity index (χ1n) is 7.02. The minimum atomic E-state index is -0.467. The lowest BCUT2D eigenvalue weighted by Gasteiger charge is -2.19. The Morgan fingerprint density at radius 3 is 2.71 bits per heavy atom. The van der Waals surface area contributed by atoms with Gasteiger partial charge in [0.05, 0.1) is 12.5 Å². The second kappa shape index (κ2) is 6.48. The van der Waals surface area contributed by atoms with Gasteiger partial charge in [-0.3, -0.25) is 0 Å². The van der Waals surface area contributed by atoms with Crippen molar-refractivity contribution in [2.45, 2.75) is 32.8 Å². The van der Waals surface area contributed by atoms with Gasteiger partial charge in [-0.2, -0.15) is 0 Å². The fourth-order valence-corrected chi connectivity index (χ4v) is 1.96. The fourth-order valence-electron chi connectivity index (χ4n) is 1.96. The molecule has 4 heteroatoms. The number of hydrogen-bond donors (Lipinski definition) is 1. The first-order chi connectivity index (χ1) is 9.94. The summed E-state index contributed by atoms with van der Waals surface area (Å²) >= 11 is 0. The Balaban J connectivity index is 1.87. The SMILES string of the molecule is CC(C)(C)OC(=O)NCCc1cccc(-c2ccoc2)c1. The van der Waals surface area contributed by atoms with Gasteiger partial charge in [0.1, 0.15) is 5.60 Å². The zero-order valence-corrected chi connectivity index (χ0v) is 12.7. The molecule has 0 fully saturated rings. The number of nitrogens with one attached hydrogen (secondary N) is 1. The monoisotopic (exact) mass is 287 g/mol. The van der Waals surface area contributed by atoms with E-state index < -0.39 is 5.60 Å². The van der Waals surface area contributed by atoms with E-state index in [1.165, 1.54) is 0 Å². The van der Waals surface area contributed by atoms with Crippen molar-refractivity contribution in [1.29, 1.82) is 0 Å². The molecule has 112 valence electrons. The van der Waals surface area contributed by atoms with Crippen molar-refractivity contribution >= 4 is 6.09 Å². The maximum atomic E-state index is 11.6.